The molecule has 4 aromatic rings. The van der Waals surface area contributed by atoms with E-state index in [1.54, 1.807) is 18.2 Å². The van der Waals surface area contributed by atoms with Crippen LogP contribution in [0.5, 0.6) is 5.75 Å². The molecule has 0 saturated heterocycles. The number of imidazole rings is 1. The van der Waals surface area contributed by atoms with Gasteiger partial charge in [0.05, 0.1) is 12.3 Å². The lowest BCUT2D eigenvalue weighted by Gasteiger charge is -2.12. The maximum Gasteiger partial charge on any atom is 0.511 e. The molecule has 212 valence electrons. The van der Waals surface area contributed by atoms with Gasteiger partial charge in [-0.1, -0.05) is 82.0 Å². The summed E-state index contributed by atoms with van der Waals surface area (Å²) in [5, 5.41) is 9.07. The van der Waals surface area contributed by atoms with Crippen molar-refractivity contribution in [2.45, 2.75) is 65.3 Å². The minimum absolute atomic E-state index is 0.0701. The first-order valence-electron chi connectivity index (χ1n) is 13.8. The summed E-state index contributed by atoms with van der Waals surface area (Å²) in [6.45, 7) is 4.72. The molecular weight excluding hydrogens is 528 g/mol. The van der Waals surface area contributed by atoms with Crippen LogP contribution in [0.4, 0.5) is 10.6 Å². The molecule has 2 aromatic carbocycles. The van der Waals surface area contributed by atoms with Crippen molar-refractivity contribution in [1.82, 2.24) is 14.5 Å². The van der Waals surface area contributed by atoms with Crippen LogP contribution in [0.25, 0.3) is 22.3 Å². The van der Waals surface area contributed by atoms with Crippen LogP contribution in [0.15, 0.2) is 60.7 Å². The summed E-state index contributed by atoms with van der Waals surface area (Å²) in [4.78, 5) is 20.6. The number of unbranched alkanes of at least 4 members (excludes halogenated alkanes) is 4. The Morgan fingerprint density at radius 1 is 0.925 bits per heavy atom. The van der Waals surface area contributed by atoms with E-state index in [0.29, 0.717) is 29.7 Å². The van der Waals surface area contributed by atoms with E-state index in [1.807, 2.05) is 47.0 Å². The molecule has 40 heavy (non-hydrogen) atoms. The van der Waals surface area contributed by atoms with Crippen LogP contribution in [-0.2, 0) is 23.0 Å². The zero-order valence-corrected chi connectivity index (χ0v) is 23.8. The third-order valence-electron chi connectivity index (χ3n) is 6.64. The number of carboxylic acid groups (broad SMARTS) is 1. The van der Waals surface area contributed by atoms with Gasteiger partial charge in [-0.2, -0.15) is 0 Å². The Morgan fingerprint density at radius 2 is 1.68 bits per heavy atom. The second-order valence-corrected chi connectivity index (χ2v) is 11.6. The molecule has 0 aliphatic heterocycles. The largest absolute Gasteiger partial charge is 0.511 e. The number of ether oxygens (including phenoxy) is 1. The van der Waals surface area contributed by atoms with Gasteiger partial charge in [-0.25, -0.2) is 23.2 Å². The molecule has 0 aliphatic carbocycles. The van der Waals surface area contributed by atoms with Gasteiger partial charge >= 0.3 is 6.16 Å². The van der Waals surface area contributed by atoms with Crippen LogP contribution in [0, 0.1) is 0 Å². The van der Waals surface area contributed by atoms with E-state index in [9.17, 15) is 13.2 Å². The first-order valence-corrected chi connectivity index (χ1v) is 15.4. The van der Waals surface area contributed by atoms with Gasteiger partial charge in [-0.05, 0) is 42.2 Å². The van der Waals surface area contributed by atoms with E-state index in [-0.39, 0.29) is 17.3 Å². The van der Waals surface area contributed by atoms with E-state index in [0.717, 1.165) is 55.5 Å². The predicted octanol–water partition coefficient (Wildman–Crippen LogP) is 6.87. The molecule has 0 saturated carbocycles. The Kier molecular flexibility index (Phi) is 9.76. The van der Waals surface area contributed by atoms with Crippen LogP contribution in [0.3, 0.4) is 0 Å². The lowest BCUT2D eigenvalue weighted by molar-refractivity contribution is 0.144. The standard InChI is InChI=1S/C30H36N4O5S/c1-3-5-7-10-20-40(37,38)33-27-19-18-25-29(32-27)34(28(31-25)13-6-4-2)21-22-14-16-23(17-15-22)24-11-8-9-12-26(24)39-30(35)36/h8-9,11-12,14-19H,3-7,10,13,20-21H2,1-2H3,(H,32,33)(H,35,36). The summed E-state index contributed by atoms with van der Waals surface area (Å²) in [6.07, 6.45) is 4.98. The average Bonchev–Trinajstić information content (AvgIpc) is 3.26. The monoisotopic (exact) mass is 564 g/mol. The highest BCUT2D eigenvalue weighted by molar-refractivity contribution is 7.92. The molecule has 0 atom stereocenters. The van der Waals surface area contributed by atoms with Gasteiger partial charge in [0.25, 0.3) is 0 Å². The fourth-order valence-corrected chi connectivity index (χ4v) is 5.71. The van der Waals surface area contributed by atoms with Crippen molar-refractivity contribution in [2.24, 2.45) is 0 Å². The number of benzene rings is 2. The third kappa shape index (κ3) is 7.59. The van der Waals surface area contributed by atoms with Gasteiger partial charge in [0.1, 0.15) is 22.9 Å². The summed E-state index contributed by atoms with van der Waals surface area (Å²) in [6, 6.07) is 18.3. The minimum atomic E-state index is -3.49. The molecule has 2 N–H and O–H groups in total. The van der Waals surface area contributed by atoms with Crippen molar-refractivity contribution in [2.75, 3.05) is 10.5 Å². The van der Waals surface area contributed by atoms with E-state index in [4.69, 9.17) is 14.8 Å². The van der Waals surface area contributed by atoms with Gasteiger partial charge in [0.15, 0.2) is 5.65 Å². The van der Waals surface area contributed by atoms with Crippen molar-refractivity contribution < 1.29 is 23.1 Å². The molecule has 9 nitrogen and oxygen atoms in total. The molecule has 0 unspecified atom stereocenters. The quantitative estimate of drug-likeness (QED) is 0.0973. The predicted molar refractivity (Wildman–Crippen MR) is 157 cm³/mol. The minimum Gasteiger partial charge on any atom is -0.449 e. The Balaban J connectivity index is 1.60. The Labute approximate surface area is 235 Å². The normalized spacial score (nSPS) is 11.6. The molecule has 0 spiro atoms. The highest BCUT2D eigenvalue weighted by Crippen LogP contribution is 2.30. The number of fused-ring (bicyclic) bond motifs is 1. The number of rotatable bonds is 14. The summed E-state index contributed by atoms with van der Waals surface area (Å²) in [5.41, 5.74) is 3.86. The fourth-order valence-electron chi connectivity index (χ4n) is 4.59. The maximum absolute atomic E-state index is 12.6. The summed E-state index contributed by atoms with van der Waals surface area (Å²) >= 11 is 0. The second-order valence-electron chi connectivity index (χ2n) is 9.80. The number of hydrogen-bond acceptors (Lipinski definition) is 6. The lowest BCUT2D eigenvalue weighted by atomic mass is 10.0. The molecule has 4 rings (SSSR count). The molecule has 0 bridgehead atoms. The number of nitrogens with one attached hydrogen (secondary N) is 1. The second kappa shape index (κ2) is 13.4. The van der Waals surface area contributed by atoms with Crippen LogP contribution >= 0.6 is 0 Å². The Morgan fingerprint density at radius 3 is 2.40 bits per heavy atom. The Bertz CT molecular complexity index is 1550. The van der Waals surface area contributed by atoms with Crippen LogP contribution in [-0.4, -0.2) is 40.0 Å². The van der Waals surface area contributed by atoms with E-state index < -0.39 is 16.2 Å². The summed E-state index contributed by atoms with van der Waals surface area (Å²) in [7, 11) is -3.49. The van der Waals surface area contributed by atoms with Gasteiger partial charge in [-0.15, -0.1) is 0 Å². The number of nitrogens with zero attached hydrogens (tertiary/aromatic N) is 3. The fraction of sp³-hybridized carbons (Fsp3) is 0.367. The van der Waals surface area contributed by atoms with E-state index in [2.05, 4.69) is 23.6 Å². The molecule has 2 aromatic heterocycles. The zero-order valence-electron chi connectivity index (χ0n) is 23.0. The number of hydrogen-bond donors (Lipinski definition) is 2. The number of para-hydroxylation sites is 1. The number of pyridine rings is 1. The summed E-state index contributed by atoms with van der Waals surface area (Å²) in [5.74, 6) is 1.53. The van der Waals surface area contributed by atoms with Crippen LogP contribution < -0.4 is 9.46 Å². The molecular formula is C30H36N4O5S. The van der Waals surface area contributed by atoms with E-state index in [1.165, 1.54) is 0 Å². The number of aromatic nitrogens is 3. The van der Waals surface area contributed by atoms with Gasteiger partial charge in [0, 0.05) is 12.0 Å². The smallest absolute Gasteiger partial charge is 0.449 e. The molecule has 2 heterocycles. The summed E-state index contributed by atoms with van der Waals surface area (Å²) < 4.78 is 34.9. The number of aryl methyl sites for hydroxylation is 1. The van der Waals surface area contributed by atoms with Gasteiger partial charge in [-0.3, -0.25) is 4.72 Å². The van der Waals surface area contributed by atoms with Crippen molar-refractivity contribution in [3.63, 3.8) is 0 Å². The molecule has 0 radical (unpaired) electrons. The molecule has 0 aliphatic rings. The topological polar surface area (TPSA) is 123 Å². The first kappa shape index (κ1) is 29.1. The average molecular weight is 565 g/mol. The molecule has 0 fully saturated rings. The van der Waals surface area contributed by atoms with Crippen molar-refractivity contribution >= 4 is 33.2 Å². The number of anilines is 1. The van der Waals surface area contributed by atoms with Crippen LogP contribution in [0.2, 0.25) is 0 Å². The van der Waals surface area contributed by atoms with Gasteiger partial charge < -0.3 is 14.4 Å². The Hall–Kier alpha value is -3.92. The number of sulfonamides is 1. The highest BCUT2D eigenvalue weighted by atomic mass is 32.2. The highest BCUT2D eigenvalue weighted by Gasteiger charge is 2.16. The van der Waals surface area contributed by atoms with E-state index >= 15 is 0 Å². The van der Waals surface area contributed by atoms with Crippen molar-refractivity contribution in [1.29, 1.82) is 0 Å². The SMILES string of the molecule is CCCCCCS(=O)(=O)Nc1ccc2nc(CCCC)n(Cc3ccc(-c4ccccc4OC(=O)O)cc3)c2n1. The molecule has 10 heteroatoms. The third-order valence-corrected chi connectivity index (χ3v) is 7.99. The van der Waals surface area contributed by atoms with Crippen LogP contribution in [0.1, 0.15) is 63.8 Å². The molecule has 0 amide bonds. The van der Waals surface area contributed by atoms with Crippen molar-refractivity contribution in [3.05, 3.63) is 72.1 Å². The van der Waals surface area contributed by atoms with Gasteiger partial charge in [0.2, 0.25) is 10.0 Å². The maximum atomic E-state index is 12.6. The zero-order chi connectivity index (χ0) is 28.5. The number of carbonyl (C=O) groups is 1. The van der Waals surface area contributed by atoms with Crippen molar-refractivity contribution in [3.8, 4) is 16.9 Å². The lowest BCUT2D eigenvalue weighted by Crippen LogP contribution is -2.17. The first-order chi connectivity index (χ1) is 19.3.